The highest BCUT2D eigenvalue weighted by molar-refractivity contribution is 6.30. The molecule has 0 radical (unpaired) electrons. The third-order valence-corrected chi connectivity index (χ3v) is 0.381. The molecule has 0 heterocycles. The Kier molecular flexibility index (Phi) is 2.59. The van der Waals surface area contributed by atoms with Crippen LogP contribution in [0.15, 0.2) is 23.9 Å². The fraction of sp³-hybridized carbons (Fsp3) is 0. The van der Waals surface area contributed by atoms with E-state index in [1.807, 2.05) is 0 Å². The maximum absolute atomic E-state index is 7.91. The molecule has 0 aromatic heterocycles. The Morgan fingerprint density at radius 3 is 2.33 bits per heavy atom. The molecule has 0 aliphatic rings. The van der Waals surface area contributed by atoms with E-state index in [9.17, 15) is 0 Å². The SMILES string of the molecule is C=C(Cl)/C=C/O. The smallest absolute Gasteiger partial charge is 0.0806 e. The lowest BCUT2D eigenvalue weighted by atomic mass is 10.6. The summed E-state index contributed by atoms with van der Waals surface area (Å²) >= 11 is 5.14. The number of aliphatic hydroxyl groups excluding tert-OH is 1. The number of aliphatic hydroxyl groups is 1. The molecule has 0 saturated carbocycles. The van der Waals surface area contributed by atoms with Crippen LogP contribution in [-0.4, -0.2) is 5.11 Å². The first-order valence-electron chi connectivity index (χ1n) is 1.42. The molecule has 0 aromatic rings. The molecule has 2 heteroatoms. The van der Waals surface area contributed by atoms with Crippen molar-refractivity contribution in [1.82, 2.24) is 0 Å². The Balaban J connectivity index is 3.30. The lowest BCUT2D eigenvalue weighted by Gasteiger charge is -1.72. The second-order valence-corrected chi connectivity index (χ2v) is 1.25. The van der Waals surface area contributed by atoms with Crippen LogP contribution < -0.4 is 0 Å². The Hall–Kier alpha value is -0.430. The van der Waals surface area contributed by atoms with Crippen molar-refractivity contribution in [1.29, 1.82) is 0 Å². The van der Waals surface area contributed by atoms with Crippen LogP contribution in [0.4, 0.5) is 0 Å². The summed E-state index contributed by atoms with van der Waals surface area (Å²) in [6.07, 6.45) is 2.14. The van der Waals surface area contributed by atoms with Gasteiger partial charge >= 0.3 is 0 Å². The van der Waals surface area contributed by atoms with E-state index >= 15 is 0 Å². The zero-order valence-corrected chi connectivity index (χ0v) is 3.94. The minimum Gasteiger partial charge on any atom is -0.516 e. The first-order chi connectivity index (χ1) is 2.77. The molecule has 34 valence electrons. The summed E-state index contributed by atoms with van der Waals surface area (Å²) in [5, 5.41) is 8.24. The Morgan fingerprint density at radius 2 is 2.33 bits per heavy atom. The molecular formula is C4H5ClO. The van der Waals surface area contributed by atoms with Gasteiger partial charge in [-0.3, -0.25) is 0 Å². The standard InChI is InChI=1S/C4H5ClO/c1-4(5)2-3-6/h2-3,6H,1H2/b3-2+. The molecular weight excluding hydrogens is 99.5 g/mol. The molecule has 0 amide bonds. The third kappa shape index (κ3) is 3.57. The summed E-state index contributed by atoms with van der Waals surface area (Å²) in [6.45, 7) is 3.26. The normalized spacial score (nSPS) is 9.50. The first kappa shape index (κ1) is 5.57. The maximum Gasteiger partial charge on any atom is 0.0806 e. The largest absolute Gasteiger partial charge is 0.516 e. The van der Waals surface area contributed by atoms with Crippen LogP contribution in [0.25, 0.3) is 0 Å². The minimum absolute atomic E-state index is 0.331. The zero-order chi connectivity index (χ0) is 4.99. The van der Waals surface area contributed by atoms with E-state index < -0.39 is 0 Å². The molecule has 0 aliphatic carbocycles. The van der Waals surface area contributed by atoms with Gasteiger partial charge in [-0.15, -0.1) is 0 Å². The molecule has 0 saturated heterocycles. The van der Waals surface area contributed by atoms with Gasteiger partial charge in [0.25, 0.3) is 0 Å². The fourth-order valence-electron chi connectivity index (χ4n) is 0.0809. The summed E-state index contributed by atoms with van der Waals surface area (Å²) in [5.74, 6) is 0. The highest BCUT2D eigenvalue weighted by atomic mass is 35.5. The molecule has 0 unspecified atom stereocenters. The monoisotopic (exact) mass is 104 g/mol. The molecule has 6 heavy (non-hydrogen) atoms. The molecule has 0 atom stereocenters. The van der Waals surface area contributed by atoms with Gasteiger partial charge in [0.1, 0.15) is 0 Å². The molecule has 1 N–H and O–H groups in total. The van der Waals surface area contributed by atoms with Crippen molar-refractivity contribution in [3.05, 3.63) is 23.9 Å². The van der Waals surface area contributed by atoms with Gasteiger partial charge in [0.15, 0.2) is 0 Å². The maximum atomic E-state index is 7.91. The van der Waals surface area contributed by atoms with E-state index in [1.54, 1.807) is 0 Å². The van der Waals surface area contributed by atoms with E-state index in [0.29, 0.717) is 5.03 Å². The highest BCUT2D eigenvalue weighted by Gasteiger charge is 1.68. The van der Waals surface area contributed by atoms with Crippen LogP contribution >= 0.6 is 11.6 Å². The van der Waals surface area contributed by atoms with Crippen LogP contribution in [0.2, 0.25) is 0 Å². The van der Waals surface area contributed by atoms with Crippen molar-refractivity contribution in [2.24, 2.45) is 0 Å². The topological polar surface area (TPSA) is 20.2 Å². The lowest BCUT2D eigenvalue weighted by Crippen LogP contribution is -1.52. The van der Waals surface area contributed by atoms with Gasteiger partial charge in [0.05, 0.1) is 6.26 Å². The average molecular weight is 105 g/mol. The van der Waals surface area contributed by atoms with Crippen LogP contribution in [0.1, 0.15) is 0 Å². The van der Waals surface area contributed by atoms with Crippen molar-refractivity contribution in [2.75, 3.05) is 0 Å². The number of halogens is 1. The van der Waals surface area contributed by atoms with Crippen molar-refractivity contribution in [3.63, 3.8) is 0 Å². The van der Waals surface area contributed by atoms with E-state index in [4.69, 9.17) is 16.7 Å². The fourth-order valence-corrected chi connectivity index (χ4v) is 0.137. The van der Waals surface area contributed by atoms with E-state index in [-0.39, 0.29) is 0 Å². The third-order valence-electron chi connectivity index (χ3n) is 0.255. The van der Waals surface area contributed by atoms with Crippen LogP contribution in [0.3, 0.4) is 0 Å². The van der Waals surface area contributed by atoms with Gasteiger partial charge in [-0.25, -0.2) is 0 Å². The number of rotatable bonds is 1. The second kappa shape index (κ2) is 2.79. The summed E-state index contributed by atoms with van der Waals surface area (Å²) in [5.41, 5.74) is 0. The van der Waals surface area contributed by atoms with Crippen molar-refractivity contribution in [3.8, 4) is 0 Å². The first-order valence-corrected chi connectivity index (χ1v) is 1.80. The average Bonchev–Trinajstić information content (AvgIpc) is 1.35. The number of hydrogen-bond acceptors (Lipinski definition) is 1. The zero-order valence-electron chi connectivity index (χ0n) is 3.19. The summed E-state index contributed by atoms with van der Waals surface area (Å²) < 4.78 is 0. The minimum atomic E-state index is 0.331. The van der Waals surface area contributed by atoms with Crippen LogP contribution in [-0.2, 0) is 0 Å². The quantitative estimate of drug-likeness (QED) is 0.397. The van der Waals surface area contributed by atoms with Gasteiger partial charge in [-0.2, -0.15) is 0 Å². The van der Waals surface area contributed by atoms with E-state index in [1.165, 1.54) is 6.08 Å². The molecule has 1 nitrogen and oxygen atoms in total. The molecule has 0 spiro atoms. The van der Waals surface area contributed by atoms with Gasteiger partial charge in [-0.1, -0.05) is 18.2 Å². The van der Waals surface area contributed by atoms with Crippen LogP contribution in [0, 0.1) is 0 Å². The lowest BCUT2D eigenvalue weighted by molar-refractivity contribution is 0.473. The van der Waals surface area contributed by atoms with Gasteiger partial charge in [-0.05, 0) is 6.08 Å². The molecule has 0 aliphatic heterocycles. The predicted octanol–water partition coefficient (Wildman–Crippen LogP) is 1.81. The van der Waals surface area contributed by atoms with E-state index in [0.717, 1.165) is 6.26 Å². The van der Waals surface area contributed by atoms with E-state index in [2.05, 4.69) is 6.58 Å². The summed E-state index contributed by atoms with van der Waals surface area (Å²) in [6, 6.07) is 0. The number of allylic oxidation sites excluding steroid dienone is 2. The van der Waals surface area contributed by atoms with Crippen molar-refractivity contribution >= 4 is 11.6 Å². The Morgan fingerprint density at radius 1 is 1.83 bits per heavy atom. The van der Waals surface area contributed by atoms with Crippen molar-refractivity contribution < 1.29 is 5.11 Å². The van der Waals surface area contributed by atoms with Crippen molar-refractivity contribution in [2.45, 2.75) is 0 Å². The molecule has 0 rings (SSSR count). The summed E-state index contributed by atoms with van der Waals surface area (Å²) in [4.78, 5) is 0. The Labute approximate surface area is 41.6 Å². The summed E-state index contributed by atoms with van der Waals surface area (Å²) in [7, 11) is 0. The second-order valence-electron chi connectivity index (χ2n) is 0.763. The van der Waals surface area contributed by atoms with Gasteiger partial charge in [0, 0.05) is 5.03 Å². The predicted molar refractivity (Wildman–Crippen MR) is 26.8 cm³/mol. The van der Waals surface area contributed by atoms with Gasteiger partial charge in [0.2, 0.25) is 0 Å². The van der Waals surface area contributed by atoms with Gasteiger partial charge < -0.3 is 5.11 Å². The number of hydrogen-bond donors (Lipinski definition) is 1. The molecule has 0 aromatic carbocycles. The molecule has 0 fully saturated rings. The Bertz CT molecular complexity index is 75.6. The highest BCUT2D eigenvalue weighted by Crippen LogP contribution is 1.94. The molecule has 0 bridgehead atoms. The van der Waals surface area contributed by atoms with Crippen LogP contribution in [0.5, 0.6) is 0 Å².